The van der Waals surface area contributed by atoms with Crippen LogP contribution in [0.25, 0.3) is 11.0 Å². The Balaban J connectivity index is 2.69. The molecule has 0 aliphatic heterocycles. The summed E-state index contributed by atoms with van der Waals surface area (Å²) in [6.45, 7) is 6.60. The lowest BCUT2D eigenvalue weighted by Crippen LogP contribution is -2.24. The highest BCUT2D eigenvalue weighted by Gasteiger charge is 2.20. The maximum Gasteiger partial charge on any atom is 0.112 e. The number of fused-ring (bicyclic) bond motifs is 1. The minimum absolute atomic E-state index is 0.0133. The maximum atomic E-state index is 9.08. The first-order valence-corrected chi connectivity index (χ1v) is 5.62. The van der Waals surface area contributed by atoms with Crippen molar-refractivity contribution in [2.24, 2.45) is 0 Å². The number of aliphatic hydroxyl groups is 1. The van der Waals surface area contributed by atoms with Crippen LogP contribution in [0.15, 0.2) is 24.3 Å². The molecule has 0 aliphatic rings. The van der Waals surface area contributed by atoms with Gasteiger partial charge in [0.25, 0.3) is 0 Å². The van der Waals surface area contributed by atoms with Crippen molar-refractivity contribution in [2.75, 3.05) is 6.61 Å². The number of para-hydroxylation sites is 2. The summed E-state index contributed by atoms with van der Waals surface area (Å²) >= 11 is 0. The third-order valence-electron chi connectivity index (χ3n) is 2.64. The minimum atomic E-state index is -0.0133. The molecular weight excluding hydrogens is 200 g/mol. The normalized spacial score (nSPS) is 12.2. The van der Waals surface area contributed by atoms with Gasteiger partial charge < -0.3 is 9.67 Å². The van der Waals surface area contributed by atoms with Crippen LogP contribution in [-0.4, -0.2) is 21.3 Å². The molecule has 2 rings (SSSR count). The van der Waals surface area contributed by atoms with Gasteiger partial charge in [-0.05, 0) is 32.9 Å². The predicted octanol–water partition coefficient (Wildman–Crippen LogP) is 2.33. The lowest BCUT2D eigenvalue weighted by atomic mass is 10.1. The molecule has 0 fully saturated rings. The molecule has 1 heterocycles. The Bertz CT molecular complexity index is 494. The monoisotopic (exact) mass is 218 g/mol. The van der Waals surface area contributed by atoms with Gasteiger partial charge in [-0.1, -0.05) is 12.1 Å². The van der Waals surface area contributed by atoms with Gasteiger partial charge in [0.05, 0.1) is 17.6 Å². The van der Waals surface area contributed by atoms with E-state index in [1.807, 2.05) is 18.2 Å². The average Bonchev–Trinajstić information content (AvgIpc) is 2.55. The second-order valence-corrected chi connectivity index (χ2v) is 5.00. The molecular formula is C13H18N2O. The van der Waals surface area contributed by atoms with Crippen LogP contribution in [-0.2, 0) is 12.0 Å². The average molecular weight is 218 g/mol. The van der Waals surface area contributed by atoms with E-state index < -0.39 is 0 Å². The molecule has 1 N–H and O–H groups in total. The lowest BCUT2D eigenvalue weighted by Gasteiger charge is -2.24. The quantitative estimate of drug-likeness (QED) is 0.840. The highest BCUT2D eigenvalue weighted by Crippen LogP contribution is 2.25. The number of imidazole rings is 1. The fourth-order valence-electron chi connectivity index (χ4n) is 2.09. The predicted molar refractivity (Wildman–Crippen MR) is 65.5 cm³/mol. The third-order valence-corrected chi connectivity index (χ3v) is 2.64. The number of aromatic nitrogens is 2. The summed E-state index contributed by atoms with van der Waals surface area (Å²) in [5.41, 5.74) is 2.12. The largest absolute Gasteiger partial charge is 0.396 e. The summed E-state index contributed by atoms with van der Waals surface area (Å²) < 4.78 is 2.21. The third kappa shape index (κ3) is 1.83. The van der Waals surface area contributed by atoms with Crippen LogP contribution in [0.5, 0.6) is 0 Å². The van der Waals surface area contributed by atoms with Crippen LogP contribution in [0.1, 0.15) is 26.6 Å². The first-order valence-electron chi connectivity index (χ1n) is 5.62. The van der Waals surface area contributed by atoms with Crippen molar-refractivity contribution in [3.63, 3.8) is 0 Å². The Hall–Kier alpha value is -1.35. The van der Waals surface area contributed by atoms with E-state index in [-0.39, 0.29) is 12.1 Å². The van der Waals surface area contributed by atoms with E-state index >= 15 is 0 Å². The second kappa shape index (κ2) is 3.91. The van der Waals surface area contributed by atoms with Gasteiger partial charge in [-0.25, -0.2) is 4.98 Å². The van der Waals surface area contributed by atoms with Crippen LogP contribution in [0.2, 0.25) is 0 Å². The van der Waals surface area contributed by atoms with Gasteiger partial charge in [0.15, 0.2) is 0 Å². The first-order chi connectivity index (χ1) is 7.54. The molecule has 0 aliphatic carbocycles. The van der Waals surface area contributed by atoms with E-state index in [2.05, 4.69) is 36.4 Å². The fourth-order valence-corrected chi connectivity index (χ4v) is 2.09. The smallest absolute Gasteiger partial charge is 0.112 e. The molecule has 1 aromatic carbocycles. The van der Waals surface area contributed by atoms with Crippen molar-refractivity contribution in [3.8, 4) is 0 Å². The number of rotatable bonds is 2. The van der Waals surface area contributed by atoms with Gasteiger partial charge in [0.1, 0.15) is 5.82 Å². The zero-order chi connectivity index (χ0) is 11.8. The van der Waals surface area contributed by atoms with Crippen molar-refractivity contribution in [1.82, 2.24) is 9.55 Å². The molecule has 3 heteroatoms. The molecule has 1 aromatic heterocycles. The molecule has 0 saturated carbocycles. The number of benzene rings is 1. The number of hydrogen-bond donors (Lipinski definition) is 1. The number of aliphatic hydroxyl groups excluding tert-OH is 1. The Labute approximate surface area is 95.7 Å². The summed E-state index contributed by atoms with van der Waals surface area (Å²) in [5, 5.41) is 9.08. The molecule has 0 spiro atoms. The summed E-state index contributed by atoms with van der Waals surface area (Å²) in [7, 11) is 0. The molecule has 0 bridgehead atoms. The zero-order valence-electron chi connectivity index (χ0n) is 10.1. The van der Waals surface area contributed by atoms with E-state index in [1.54, 1.807) is 0 Å². The van der Waals surface area contributed by atoms with E-state index in [1.165, 1.54) is 0 Å². The minimum Gasteiger partial charge on any atom is -0.396 e. The number of nitrogens with zero attached hydrogens (tertiary/aromatic N) is 2. The topological polar surface area (TPSA) is 38.0 Å². The van der Waals surface area contributed by atoms with Crippen LogP contribution in [0.4, 0.5) is 0 Å². The van der Waals surface area contributed by atoms with Crippen LogP contribution in [0.3, 0.4) is 0 Å². The molecule has 2 aromatic rings. The summed E-state index contributed by atoms with van der Waals surface area (Å²) in [6.07, 6.45) is 0.603. The Morgan fingerprint density at radius 2 is 1.94 bits per heavy atom. The van der Waals surface area contributed by atoms with Gasteiger partial charge >= 0.3 is 0 Å². The molecule has 0 unspecified atom stereocenters. The van der Waals surface area contributed by atoms with E-state index in [0.29, 0.717) is 6.42 Å². The molecule has 0 saturated heterocycles. The Morgan fingerprint density at radius 1 is 1.25 bits per heavy atom. The van der Waals surface area contributed by atoms with Crippen molar-refractivity contribution < 1.29 is 5.11 Å². The number of hydrogen-bond acceptors (Lipinski definition) is 2. The molecule has 0 radical (unpaired) electrons. The van der Waals surface area contributed by atoms with Gasteiger partial charge in [0, 0.05) is 12.0 Å². The highest BCUT2D eigenvalue weighted by molar-refractivity contribution is 5.76. The SMILES string of the molecule is CC(C)(C)n1c(CCO)nc2ccccc21. The van der Waals surface area contributed by atoms with Gasteiger partial charge in [0.2, 0.25) is 0 Å². The molecule has 86 valence electrons. The summed E-state index contributed by atoms with van der Waals surface area (Å²) in [6, 6.07) is 8.10. The van der Waals surface area contributed by atoms with Gasteiger partial charge in [-0.3, -0.25) is 0 Å². The van der Waals surface area contributed by atoms with E-state index in [9.17, 15) is 0 Å². The fraction of sp³-hybridized carbons (Fsp3) is 0.462. The van der Waals surface area contributed by atoms with Crippen molar-refractivity contribution in [1.29, 1.82) is 0 Å². The summed E-state index contributed by atoms with van der Waals surface area (Å²) in [4.78, 5) is 4.57. The van der Waals surface area contributed by atoms with Crippen molar-refractivity contribution in [3.05, 3.63) is 30.1 Å². The molecule has 0 amide bonds. The van der Waals surface area contributed by atoms with Crippen LogP contribution in [0, 0.1) is 0 Å². The Kier molecular flexibility index (Phi) is 2.72. The van der Waals surface area contributed by atoms with E-state index in [4.69, 9.17) is 5.11 Å². The molecule has 16 heavy (non-hydrogen) atoms. The van der Waals surface area contributed by atoms with Gasteiger partial charge in [-0.2, -0.15) is 0 Å². The van der Waals surface area contributed by atoms with Crippen molar-refractivity contribution in [2.45, 2.75) is 32.7 Å². The second-order valence-electron chi connectivity index (χ2n) is 5.00. The summed E-state index contributed by atoms with van der Waals surface area (Å²) in [5.74, 6) is 0.955. The Morgan fingerprint density at radius 3 is 2.56 bits per heavy atom. The maximum absolute atomic E-state index is 9.08. The first kappa shape index (κ1) is 11.1. The lowest BCUT2D eigenvalue weighted by molar-refractivity contribution is 0.288. The van der Waals surface area contributed by atoms with Crippen LogP contribution < -0.4 is 0 Å². The highest BCUT2D eigenvalue weighted by atomic mass is 16.3. The molecule has 0 atom stereocenters. The standard InChI is InChI=1S/C13H18N2O/c1-13(2,3)15-11-7-5-4-6-10(11)14-12(15)8-9-16/h4-7,16H,8-9H2,1-3H3. The van der Waals surface area contributed by atoms with Gasteiger partial charge in [-0.15, -0.1) is 0 Å². The van der Waals surface area contributed by atoms with E-state index in [0.717, 1.165) is 16.9 Å². The molecule has 3 nitrogen and oxygen atoms in total. The zero-order valence-corrected chi connectivity index (χ0v) is 10.1. The van der Waals surface area contributed by atoms with Crippen molar-refractivity contribution >= 4 is 11.0 Å². The van der Waals surface area contributed by atoms with Crippen LogP contribution >= 0.6 is 0 Å².